The molecule has 6 N–H and O–H groups in total. The summed E-state index contributed by atoms with van der Waals surface area (Å²) in [5.41, 5.74) is 2.56. The molecule has 7 heteroatoms. The number of hydrogen-bond donors (Lipinski definition) is 2. The van der Waals surface area contributed by atoms with Crippen LogP contribution in [-0.2, 0) is 19.3 Å². The second-order valence-corrected chi connectivity index (χ2v) is 5.62. The van der Waals surface area contributed by atoms with E-state index in [1.54, 1.807) is 0 Å². The van der Waals surface area contributed by atoms with E-state index >= 15 is 0 Å². The summed E-state index contributed by atoms with van der Waals surface area (Å²) in [6.45, 7) is 2.07. The molecule has 1 atom stereocenters. The van der Waals surface area contributed by atoms with Crippen LogP contribution in [0.15, 0.2) is 18.3 Å². The van der Waals surface area contributed by atoms with Crippen LogP contribution in [0.1, 0.15) is 36.2 Å². The summed E-state index contributed by atoms with van der Waals surface area (Å²) in [7, 11) is 0. The molecule has 0 radical (unpaired) electrons. The molecule has 122 valence electrons. The van der Waals surface area contributed by atoms with Crippen LogP contribution in [0.25, 0.3) is 0 Å². The van der Waals surface area contributed by atoms with Gasteiger partial charge < -0.3 is 21.2 Å². The lowest BCUT2D eigenvalue weighted by molar-refractivity contribution is 0.417. The lowest BCUT2D eigenvalue weighted by Crippen LogP contribution is -2.21. The maximum Gasteiger partial charge on any atom is 0.177 e. The van der Waals surface area contributed by atoms with Crippen LogP contribution in [0.4, 0.5) is 8.78 Å². The fourth-order valence-corrected chi connectivity index (χ4v) is 3.42. The van der Waals surface area contributed by atoms with Crippen molar-refractivity contribution in [1.29, 1.82) is 0 Å². The van der Waals surface area contributed by atoms with Gasteiger partial charge in [0, 0.05) is 24.0 Å². The molecule has 2 aromatic rings. The van der Waals surface area contributed by atoms with Gasteiger partial charge in [-0.1, -0.05) is 6.92 Å². The van der Waals surface area contributed by atoms with E-state index in [1.807, 2.05) is 6.20 Å². The lowest BCUT2D eigenvalue weighted by atomic mass is 9.87. The highest BCUT2D eigenvalue weighted by atomic mass is 32.1. The molecule has 0 fully saturated rings. The number of H-pyrrole nitrogens is 1. The van der Waals surface area contributed by atoms with E-state index in [-0.39, 0.29) is 17.7 Å². The van der Waals surface area contributed by atoms with Crippen molar-refractivity contribution in [3.8, 4) is 0 Å². The third-order valence-electron chi connectivity index (χ3n) is 4.05. The number of nitrogens with one attached hydrogen (secondary N) is 1. The molecule has 0 saturated carbocycles. The SMILES string of the molecule is CCc1c[nH]c(=S)n1[C@H]1CCc2c(F)cc(F)cc2C1.N.O. The summed E-state index contributed by atoms with van der Waals surface area (Å²) in [5, 5.41) is 0. The Morgan fingerprint density at radius 3 is 2.77 bits per heavy atom. The minimum atomic E-state index is -0.504. The van der Waals surface area contributed by atoms with E-state index in [1.165, 1.54) is 6.07 Å². The second kappa shape index (κ2) is 7.13. The monoisotopic (exact) mass is 329 g/mol. The fourth-order valence-electron chi connectivity index (χ4n) is 3.09. The molecule has 0 amide bonds. The average Bonchev–Trinajstić information content (AvgIpc) is 2.78. The van der Waals surface area contributed by atoms with Crippen molar-refractivity contribution in [2.45, 2.75) is 38.6 Å². The Morgan fingerprint density at radius 2 is 2.09 bits per heavy atom. The standard InChI is InChI=1S/C15H16F2N2S.H3N.H2O/c1-2-11-8-18-15(20)19(11)12-3-4-13-9(6-12)5-10(16)7-14(13)17;;/h5,7-8,12H,2-4,6H2,1H3,(H,18,20);1H3;1H2/t12-;;/m0../s1. The number of nitrogens with zero attached hydrogens (tertiary/aromatic N) is 1. The van der Waals surface area contributed by atoms with Crippen molar-refractivity contribution in [3.05, 3.63) is 51.6 Å². The third-order valence-corrected chi connectivity index (χ3v) is 4.37. The van der Waals surface area contributed by atoms with Gasteiger partial charge in [-0.3, -0.25) is 0 Å². The molecule has 0 bridgehead atoms. The largest absolute Gasteiger partial charge is 0.412 e. The maximum atomic E-state index is 13.8. The topological polar surface area (TPSA) is 87.2 Å². The van der Waals surface area contributed by atoms with E-state index in [2.05, 4.69) is 16.5 Å². The smallest absolute Gasteiger partial charge is 0.177 e. The first-order valence-corrected chi connectivity index (χ1v) is 7.26. The number of aromatic nitrogens is 2. The van der Waals surface area contributed by atoms with E-state index < -0.39 is 11.6 Å². The maximum absolute atomic E-state index is 13.8. The Kier molecular flexibility index (Phi) is 5.99. The van der Waals surface area contributed by atoms with Crippen molar-refractivity contribution >= 4 is 12.2 Å². The third kappa shape index (κ3) is 3.11. The molecule has 1 aromatic carbocycles. The van der Waals surface area contributed by atoms with E-state index in [0.717, 1.165) is 30.2 Å². The number of rotatable bonds is 2. The van der Waals surface area contributed by atoms with Crippen molar-refractivity contribution < 1.29 is 14.3 Å². The van der Waals surface area contributed by atoms with Gasteiger partial charge in [-0.05, 0) is 55.1 Å². The zero-order valence-electron chi connectivity index (χ0n) is 12.5. The normalized spacial score (nSPS) is 16.4. The minimum absolute atomic E-state index is 0. The minimum Gasteiger partial charge on any atom is -0.412 e. The number of aryl methyl sites for hydroxylation is 1. The highest BCUT2D eigenvalue weighted by Crippen LogP contribution is 2.32. The van der Waals surface area contributed by atoms with E-state index in [9.17, 15) is 8.78 Å². The van der Waals surface area contributed by atoms with E-state index in [0.29, 0.717) is 23.2 Å². The zero-order valence-corrected chi connectivity index (χ0v) is 13.3. The van der Waals surface area contributed by atoms with Crippen LogP contribution < -0.4 is 6.15 Å². The Balaban J connectivity index is 0.00000121. The summed E-state index contributed by atoms with van der Waals surface area (Å²) >= 11 is 5.33. The van der Waals surface area contributed by atoms with Gasteiger partial charge in [0.15, 0.2) is 4.77 Å². The first kappa shape index (κ1) is 18.5. The predicted octanol–water partition coefficient (Wildman–Crippen LogP) is 3.45. The molecule has 22 heavy (non-hydrogen) atoms. The fraction of sp³-hybridized carbons (Fsp3) is 0.400. The molecule has 4 nitrogen and oxygen atoms in total. The van der Waals surface area contributed by atoms with Crippen LogP contribution in [-0.4, -0.2) is 15.0 Å². The first-order chi connectivity index (χ1) is 9.60. The number of halogens is 2. The van der Waals surface area contributed by atoms with Crippen LogP contribution >= 0.6 is 12.2 Å². The molecule has 0 unspecified atom stereocenters. The number of imidazole rings is 1. The first-order valence-electron chi connectivity index (χ1n) is 6.85. The molecule has 1 aromatic heterocycles. The molecule has 1 aliphatic carbocycles. The van der Waals surface area contributed by atoms with Crippen molar-refractivity contribution in [2.75, 3.05) is 0 Å². The van der Waals surface area contributed by atoms with Crippen LogP contribution in [0.3, 0.4) is 0 Å². The van der Waals surface area contributed by atoms with Gasteiger partial charge in [-0.15, -0.1) is 0 Å². The molecule has 1 aliphatic rings. The van der Waals surface area contributed by atoms with Gasteiger partial charge >= 0.3 is 0 Å². The Bertz CT molecular complexity index is 711. The Morgan fingerprint density at radius 1 is 1.36 bits per heavy atom. The van der Waals surface area contributed by atoms with Crippen molar-refractivity contribution in [1.82, 2.24) is 15.7 Å². The molecule has 0 aliphatic heterocycles. The van der Waals surface area contributed by atoms with Crippen LogP contribution in [0.2, 0.25) is 0 Å². The summed E-state index contributed by atoms with van der Waals surface area (Å²) < 4.78 is 29.9. The highest BCUT2D eigenvalue weighted by molar-refractivity contribution is 7.71. The van der Waals surface area contributed by atoms with Gasteiger partial charge in [-0.2, -0.15) is 0 Å². The zero-order chi connectivity index (χ0) is 14.3. The predicted molar refractivity (Wildman–Crippen MR) is 85.1 cm³/mol. The molecular formula is C15H21F2N3OS. The van der Waals surface area contributed by atoms with Gasteiger partial charge in [-0.25, -0.2) is 8.78 Å². The van der Waals surface area contributed by atoms with Crippen LogP contribution in [0, 0.1) is 16.4 Å². The molecule has 1 heterocycles. The molecule has 3 rings (SSSR count). The summed E-state index contributed by atoms with van der Waals surface area (Å²) in [4.78, 5) is 3.06. The van der Waals surface area contributed by atoms with Gasteiger partial charge in [0.25, 0.3) is 0 Å². The Labute approximate surface area is 133 Å². The van der Waals surface area contributed by atoms with E-state index in [4.69, 9.17) is 12.2 Å². The molecule has 0 spiro atoms. The lowest BCUT2D eigenvalue weighted by Gasteiger charge is -2.27. The molecule has 0 saturated heterocycles. The number of fused-ring (bicyclic) bond motifs is 1. The average molecular weight is 329 g/mol. The number of hydrogen-bond acceptors (Lipinski definition) is 2. The number of aromatic amines is 1. The Hall–Kier alpha value is -1.57. The van der Waals surface area contributed by atoms with Crippen molar-refractivity contribution in [2.24, 2.45) is 0 Å². The molecular weight excluding hydrogens is 308 g/mol. The highest BCUT2D eigenvalue weighted by Gasteiger charge is 2.24. The van der Waals surface area contributed by atoms with Crippen LogP contribution in [0.5, 0.6) is 0 Å². The number of benzene rings is 1. The summed E-state index contributed by atoms with van der Waals surface area (Å²) in [6, 6.07) is 2.60. The van der Waals surface area contributed by atoms with Crippen molar-refractivity contribution in [3.63, 3.8) is 0 Å². The second-order valence-electron chi connectivity index (χ2n) is 5.23. The van der Waals surface area contributed by atoms with Gasteiger partial charge in [0.05, 0.1) is 0 Å². The summed E-state index contributed by atoms with van der Waals surface area (Å²) in [6.07, 6.45) is 4.89. The summed E-state index contributed by atoms with van der Waals surface area (Å²) in [5.74, 6) is -0.929. The van der Waals surface area contributed by atoms with Gasteiger partial charge in [0.2, 0.25) is 0 Å². The van der Waals surface area contributed by atoms with Gasteiger partial charge in [0.1, 0.15) is 11.6 Å². The quantitative estimate of drug-likeness (QED) is 0.827.